The molecule has 0 amide bonds. The van der Waals surface area contributed by atoms with Gasteiger partial charge in [0, 0.05) is 0 Å². The topological polar surface area (TPSA) is 69.2 Å². The zero-order chi connectivity index (χ0) is 4.50. The molecule has 8 heavy (non-hydrogen) atoms. The summed E-state index contributed by atoms with van der Waals surface area (Å²) in [4.78, 5) is 0. The van der Waals surface area contributed by atoms with Gasteiger partial charge in [0.25, 0.3) is 0 Å². The van der Waals surface area contributed by atoms with Crippen LogP contribution in [0.25, 0.3) is 0 Å². The quantitative estimate of drug-likeness (QED) is 0.250. The van der Waals surface area contributed by atoms with E-state index >= 15 is 0 Å². The zero-order valence-electron chi connectivity index (χ0n) is 5.72. The third-order valence-corrected chi connectivity index (χ3v) is 0. The fourth-order valence-electron chi connectivity index (χ4n) is 0. The molecule has 0 aliphatic carbocycles. The minimum atomic E-state index is -3.25. The van der Waals surface area contributed by atoms with Crippen LogP contribution in [-0.2, 0) is 0 Å². The summed E-state index contributed by atoms with van der Waals surface area (Å²) in [5.74, 6) is -3.25. The maximum absolute atomic E-state index is 8.99. The first kappa shape index (κ1) is 22.4. The Labute approximate surface area is 115 Å². The fourth-order valence-corrected chi connectivity index (χ4v) is 0. The molecule has 0 saturated heterocycles. The van der Waals surface area contributed by atoms with Crippen LogP contribution in [0.4, 0.5) is 0 Å². The summed E-state index contributed by atoms with van der Waals surface area (Å²) in [5.41, 5.74) is 0. The summed E-state index contributed by atoms with van der Waals surface area (Å²) in [6.45, 7) is 0.521. The molecule has 0 rings (SSSR count). The molecule has 0 saturated carbocycles. The molecule has 0 radical (unpaired) electrons. The predicted octanol–water partition coefficient (Wildman–Crippen LogP) is -12.2. The minimum absolute atomic E-state index is 0. The van der Waals surface area contributed by atoms with Gasteiger partial charge in [-0.2, -0.15) is 0 Å². The summed E-state index contributed by atoms with van der Waals surface area (Å²) in [7, 11) is 0. The molecule has 0 spiro atoms. The molecule has 0 unspecified atom stereocenters. The van der Waals surface area contributed by atoms with Crippen LogP contribution >= 0.6 is 0 Å². The van der Waals surface area contributed by atoms with Gasteiger partial charge in [0.05, 0.1) is 0 Å². The Balaban J connectivity index is -0.0000000267. The van der Waals surface area contributed by atoms with Crippen molar-refractivity contribution < 1.29 is 104 Å². The molecule has 0 aromatic heterocycles. The van der Waals surface area contributed by atoms with E-state index in [2.05, 4.69) is 0 Å². The fraction of sp³-hybridized carbons (Fsp3) is 1.00. The largest absolute Gasteiger partial charge is 1.00 e. The Morgan fingerprint density at radius 3 is 0.875 bits per heavy atom. The van der Waals surface area contributed by atoms with E-state index in [-0.39, 0.29) is 88.7 Å². The predicted molar refractivity (Wildman–Crippen MR) is 8.41 cm³/mol. The Morgan fingerprint density at radius 1 is 0.875 bits per heavy atom. The van der Waals surface area contributed by atoms with E-state index in [1.807, 2.05) is 0 Å². The molecule has 0 N–H and O–H groups in total. The third-order valence-electron chi connectivity index (χ3n) is 0. The van der Waals surface area contributed by atoms with E-state index in [1.165, 1.54) is 0 Å². The SMILES string of the molecule is CC([O-])([O-])[O-].[Na+].[Na+].[Na+]. The van der Waals surface area contributed by atoms with Crippen LogP contribution in [0.1, 0.15) is 6.92 Å². The molecule has 0 aromatic rings. The summed E-state index contributed by atoms with van der Waals surface area (Å²) in [6.07, 6.45) is 0. The van der Waals surface area contributed by atoms with Crippen LogP contribution in [-0.4, -0.2) is 5.97 Å². The average Bonchev–Trinajstić information content (AvgIpc) is 0.722. The van der Waals surface area contributed by atoms with Crippen LogP contribution in [0.2, 0.25) is 0 Å². The van der Waals surface area contributed by atoms with Gasteiger partial charge in [-0.05, 0) is 0 Å². The molecule has 0 atom stereocenters. The van der Waals surface area contributed by atoms with Crippen LogP contribution in [0.5, 0.6) is 0 Å². The van der Waals surface area contributed by atoms with Gasteiger partial charge in [0.15, 0.2) is 0 Å². The molecule has 3 nitrogen and oxygen atoms in total. The monoisotopic (exact) mass is 144 g/mol. The van der Waals surface area contributed by atoms with Gasteiger partial charge in [0.1, 0.15) is 0 Å². The summed E-state index contributed by atoms with van der Waals surface area (Å²) < 4.78 is 0. The molecule has 0 fully saturated rings. The minimum Gasteiger partial charge on any atom is -0.877 e. The van der Waals surface area contributed by atoms with E-state index in [4.69, 9.17) is 15.3 Å². The molecule has 32 valence electrons. The standard InChI is InChI=1S/C2H3O3.3Na/c1-2(3,4)5;;;/h1H3;;;/q-3;3*+1. The van der Waals surface area contributed by atoms with Crippen LogP contribution < -0.4 is 104 Å². The second kappa shape index (κ2) is 9.88. The third kappa shape index (κ3) is 66.5. The zero-order valence-corrected chi connectivity index (χ0v) is 11.7. The Bertz CT molecular complexity index is 28.0. The number of hydrogen-bond donors (Lipinski definition) is 0. The van der Waals surface area contributed by atoms with Gasteiger partial charge in [-0.1, -0.05) is 0 Å². The molecular formula is C2H3Na3O3. The van der Waals surface area contributed by atoms with Crippen LogP contribution in [0.15, 0.2) is 0 Å². The van der Waals surface area contributed by atoms with Crippen LogP contribution in [0.3, 0.4) is 0 Å². The first-order chi connectivity index (χ1) is 2.00. The summed E-state index contributed by atoms with van der Waals surface area (Å²) in [5, 5.41) is 27.0. The maximum atomic E-state index is 8.99. The van der Waals surface area contributed by atoms with Crippen molar-refractivity contribution in [2.75, 3.05) is 0 Å². The normalized spacial score (nSPS) is 7.50. The number of hydrogen-bond acceptors (Lipinski definition) is 3. The van der Waals surface area contributed by atoms with Crippen molar-refractivity contribution in [2.24, 2.45) is 0 Å². The smallest absolute Gasteiger partial charge is 0.877 e. The van der Waals surface area contributed by atoms with E-state index < -0.39 is 5.97 Å². The Morgan fingerprint density at radius 2 is 0.875 bits per heavy atom. The van der Waals surface area contributed by atoms with Gasteiger partial charge in [0.2, 0.25) is 0 Å². The second-order valence-corrected chi connectivity index (χ2v) is 0.862. The number of rotatable bonds is 0. The first-order valence-corrected chi connectivity index (χ1v) is 1.11. The van der Waals surface area contributed by atoms with Crippen molar-refractivity contribution >= 4 is 0 Å². The van der Waals surface area contributed by atoms with E-state index in [0.29, 0.717) is 6.92 Å². The second-order valence-electron chi connectivity index (χ2n) is 0.862. The van der Waals surface area contributed by atoms with Gasteiger partial charge >= 0.3 is 88.7 Å². The van der Waals surface area contributed by atoms with Gasteiger partial charge in [-0.3, -0.25) is 0 Å². The van der Waals surface area contributed by atoms with E-state index in [0.717, 1.165) is 0 Å². The van der Waals surface area contributed by atoms with Gasteiger partial charge in [-0.25, -0.2) is 0 Å². The molecule has 0 aliphatic rings. The van der Waals surface area contributed by atoms with E-state index in [9.17, 15) is 0 Å². The molecule has 0 bridgehead atoms. The molecule has 6 heteroatoms. The Hall–Kier alpha value is 2.88. The van der Waals surface area contributed by atoms with Crippen molar-refractivity contribution in [3.8, 4) is 0 Å². The van der Waals surface area contributed by atoms with Gasteiger partial charge in [-0.15, -0.1) is 6.92 Å². The molecule has 0 aliphatic heterocycles. The molecule has 0 aromatic carbocycles. The van der Waals surface area contributed by atoms with Gasteiger partial charge < -0.3 is 21.3 Å². The van der Waals surface area contributed by atoms with Crippen molar-refractivity contribution in [1.29, 1.82) is 0 Å². The Kier molecular flexibility index (Phi) is 27.7. The van der Waals surface area contributed by atoms with E-state index in [1.54, 1.807) is 0 Å². The molecule has 0 heterocycles. The molecular weight excluding hydrogens is 141 g/mol. The summed E-state index contributed by atoms with van der Waals surface area (Å²) >= 11 is 0. The van der Waals surface area contributed by atoms with Crippen molar-refractivity contribution in [1.82, 2.24) is 0 Å². The van der Waals surface area contributed by atoms with Crippen LogP contribution in [0, 0.1) is 0 Å². The summed E-state index contributed by atoms with van der Waals surface area (Å²) in [6, 6.07) is 0. The van der Waals surface area contributed by atoms with Crippen molar-refractivity contribution in [3.05, 3.63) is 0 Å². The first-order valence-electron chi connectivity index (χ1n) is 1.11. The van der Waals surface area contributed by atoms with Crippen molar-refractivity contribution in [3.63, 3.8) is 0 Å². The maximum Gasteiger partial charge on any atom is 1.00 e. The van der Waals surface area contributed by atoms with Crippen molar-refractivity contribution in [2.45, 2.75) is 12.9 Å². The average molecular weight is 144 g/mol.